The predicted molar refractivity (Wildman–Crippen MR) is 106 cm³/mol. The van der Waals surface area contributed by atoms with E-state index in [0.29, 0.717) is 5.88 Å². The van der Waals surface area contributed by atoms with Crippen LogP contribution in [0.5, 0.6) is 5.88 Å². The molecule has 0 amide bonds. The second kappa shape index (κ2) is 7.35. The summed E-state index contributed by atoms with van der Waals surface area (Å²) in [6.07, 6.45) is 2.64. The number of thiophene rings is 1. The monoisotopic (exact) mass is 368 g/mol. The van der Waals surface area contributed by atoms with Gasteiger partial charge in [-0.3, -0.25) is 4.90 Å². The first-order valence-electron chi connectivity index (χ1n) is 9.07. The third kappa shape index (κ3) is 3.22. The van der Waals surface area contributed by atoms with E-state index in [1.165, 1.54) is 20.5 Å². The van der Waals surface area contributed by atoms with Gasteiger partial charge in [-0.2, -0.15) is 0 Å². The highest BCUT2D eigenvalue weighted by Gasteiger charge is 2.26. The van der Waals surface area contributed by atoms with Crippen molar-refractivity contribution in [3.63, 3.8) is 0 Å². The lowest BCUT2D eigenvalue weighted by Crippen LogP contribution is -2.51. The van der Waals surface area contributed by atoms with Crippen molar-refractivity contribution < 1.29 is 9.84 Å². The van der Waals surface area contributed by atoms with E-state index in [1.54, 1.807) is 13.3 Å². The molecule has 3 aromatic rings. The molecule has 4 rings (SSSR count). The second-order valence-electron chi connectivity index (χ2n) is 6.92. The average molecular weight is 369 g/mol. The molecule has 1 saturated heterocycles. The fourth-order valence-corrected chi connectivity index (χ4v) is 5.11. The van der Waals surface area contributed by atoms with Gasteiger partial charge in [-0.25, -0.2) is 4.98 Å². The largest absolute Gasteiger partial charge is 0.481 e. The number of β-amino-alcohol motifs (C(OH)–C–C–N with tert-alkyl or cyclic N) is 1. The summed E-state index contributed by atoms with van der Waals surface area (Å²) in [6, 6.07) is 12.7. The van der Waals surface area contributed by atoms with E-state index in [9.17, 15) is 5.11 Å². The van der Waals surface area contributed by atoms with Gasteiger partial charge in [0.05, 0.1) is 13.2 Å². The van der Waals surface area contributed by atoms with Crippen LogP contribution in [0.3, 0.4) is 0 Å². The first kappa shape index (κ1) is 17.5. The van der Waals surface area contributed by atoms with Crippen molar-refractivity contribution in [2.24, 2.45) is 0 Å². The van der Waals surface area contributed by atoms with Crippen molar-refractivity contribution in [1.82, 2.24) is 9.88 Å². The number of likely N-dealkylation sites (tertiary alicyclic amines) is 1. The van der Waals surface area contributed by atoms with Crippen LogP contribution >= 0.6 is 11.3 Å². The number of aliphatic hydroxyl groups excluding tert-OH is 1. The molecule has 3 heterocycles. The van der Waals surface area contributed by atoms with Gasteiger partial charge in [0.2, 0.25) is 5.88 Å². The number of hydrogen-bond donors (Lipinski definition) is 1. The van der Waals surface area contributed by atoms with E-state index in [2.05, 4.69) is 47.1 Å². The smallest absolute Gasteiger partial charge is 0.216 e. The Morgan fingerprint density at radius 2 is 2.08 bits per heavy atom. The number of pyridine rings is 1. The lowest BCUT2D eigenvalue weighted by molar-refractivity contribution is 0.00319. The van der Waals surface area contributed by atoms with Crippen LogP contribution in [0.4, 0.5) is 0 Å². The number of hydrogen-bond acceptors (Lipinski definition) is 5. The molecule has 2 aromatic heterocycles. The van der Waals surface area contributed by atoms with E-state index in [-0.39, 0.29) is 12.0 Å². The maximum atomic E-state index is 9.52. The quantitative estimate of drug-likeness (QED) is 0.721. The summed E-state index contributed by atoms with van der Waals surface area (Å²) in [5.74, 6) is 0.916. The highest BCUT2D eigenvalue weighted by molar-refractivity contribution is 7.19. The van der Waals surface area contributed by atoms with E-state index < -0.39 is 0 Å². The molecule has 0 radical (unpaired) electrons. The number of fused-ring (bicyclic) bond motifs is 1. The van der Waals surface area contributed by atoms with Crippen LogP contribution in [0.2, 0.25) is 0 Å². The number of nitrogens with zero attached hydrogens (tertiary/aromatic N) is 2. The fraction of sp³-hybridized carbons (Fsp3) is 0.381. The van der Waals surface area contributed by atoms with E-state index in [4.69, 9.17) is 4.74 Å². The lowest BCUT2D eigenvalue weighted by atomic mass is 9.90. The van der Waals surface area contributed by atoms with Crippen molar-refractivity contribution in [3.8, 4) is 5.88 Å². The Morgan fingerprint density at radius 3 is 2.85 bits per heavy atom. The fourth-order valence-electron chi connectivity index (χ4n) is 3.82. The summed E-state index contributed by atoms with van der Waals surface area (Å²) < 4.78 is 6.84. The molecule has 5 heteroatoms. The standard InChI is InChI=1S/C21H24N2O2S/c1-14(16-7-5-10-22-21(16)25-2)20-17-6-3-4-8-18(17)26-19(20)9-11-23-12-15(24)13-23/h3-8,10,14-15,24H,9,11-13H2,1-2H3. The second-order valence-corrected chi connectivity index (χ2v) is 8.06. The summed E-state index contributed by atoms with van der Waals surface area (Å²) in [6.45, 7) is 4.83. The Kier molecular flexibility index (Phi) is 4.94. The summed E-state index contributed by atoms with van der Waals surface area (Å²) in [7, 11) is 1.68. The number of methoxy groups -OCH3 is 1. The van der Waals surface area contributed by atoms with E-state index in [1.807, 2.05) is 17.4 Å². The van der Waals surface area contributed by atoms with Gasteiger partial charge in [-0.1, -0.05) is 31.2 Å². The van der Waals surface area contributed by atoms with Crippen LogP contribution < -0.4 is 4.74 Å². The van der Waals surface area contributed by atoms with Crippen LogP contribution in [0.1, 0.15) is 28.8 Å². The topological polar surface area (TPSA) is 45.6 Å². The van der Waals surface area contributed by atoms with Crippen molar-refractivity contribution in [2.75, 3.05) is 26.7 Å². The molecule has 26 heavy (non-hydrogen) atoms. The molecule has 0 spiro atoms. The van der Waals surface area contributed by atoms with Gasteiger partial charge in [-0.05, 0) is 29.5 Å². The van der Waals surface area contributed by atoms with Gasteiger partial charge in [0.1, 0.15) is 0 Å². The Hall–Kier alpha value is -1.95. The van der Waals surface area contributed by atoms with Gasteiger partial charge in [0, 0.05) is 46.9 Å². The van der Waals surface area contributed by atoms with Crippen molar-refractivity contribution in [1.29, 1.82) is 0 Å². The van der Waals surface area contributed by atoms with Crippen molar-refractivity contribution >= 4 is 21.4 Å². The average Bonchev–Trinajstić information content (AvgIpc) is 3.02. The molecule has 1 aliphatic rings. The number of ether oxygens (including phenoxy) is 1. The third-order valence-corrected chi connectivity index (χ3v) is 6.44. The van der Waals surface area contributed by atoms with E-state index >= 15 is 0 Å². The van der Waals surface area contributed by atoms with Crippen LogP contribution in [0.15, 0.2) is 42.6 Å². The molecule has 1 aromatic carbocycles. The molecule has 136 valence electrons. The van der Waals surface area contributed by atoms with Crippen LogP contribution in [-0.4, -0.2) is 47.8 Å². The van der Waals surface area contributed by atoms with Gasteiger partial charge in [0.25, 0.3) is 0 Å². The normalized spacial score (nSPS) is 16.6. The number of rotatable bonds is 6. The van der Waals surface area contributed by atoms with Crippen LogP contribution in [0, 0.1) is 0 Å². The zero-order valence-electron chi connectivity index (χ0n) is 15.2. The molecular formula is C21H24N2O2S. The molecule has 4 nitrogen and oxygen atoms in total. The summed E-state index contributed by atoms with van der Waals surface area (Å²) in [5.41, 5.74) is 2.51. The summed E-state index contributed by atoms with van der Waals surface area (Å²) in [5, 5.41) is 10.8. The minimum atomic E-state index is -0.143. The molecule has 1 aliphatic heterocycles. The zero-order valence-corrected chi connectivity index (χ0v) is 16.0. The Balaban J connectivity index is 1.70. The van der Waals surface area contributed by atoms with Gasteiger partial charge in [-0.15, -0.1) is 11.3 Å². The molecular weight excluding hydrogens is 344 g/mol. The van der Waals surface area contributed by atoms with Crippen molar-refractivity contribution in [3.05, 3.63) is 58.6 Å². The predicted octanol–water partition coefficient (Wildman–Crippen LogP) is 3.68. The molecule has 1 unspecified atom stereocenters. The maximum absolute atomic E-state index is 9.52. The van der Waals surface area contributed by atoms with Gasteiger partial charge >= 0.3 is 0 Å². The zero-order chi connectivity index (χ0) is 18.1. The highest BCUT2D eigenvalue weighted by Crippen LogP contribution is 2.41. The lowest BCUT2D eigenvalue weighted by Gasteiger charge is -2.35. The maximum Gasteiger partial charge on any atom is 0.216 e. The first-order valence-corrected chi connectivity index (χ1v) is 9.88. The van der Waals surface area contributed by atoms with Crippen molar-refractivity contribution in [2.45, 2.75) is 25.4 Å². The highest BCUT2D eigenvalue weighted by atomic mass is 32.1. The van der Waals surface area contributed by atoms with Gasteiger partial charge in [0.15, 0.2) is 0 Å². The first-order chi connectivity index (χ1) is 12.7. The molecule has 0 aliphatic carbocycles. The molecule has 1 fully saturated rings. The van der Waals surface area contributed by atoms with Crippen LogP contribution in [-0.2, 0) is 6.42 Å². The molecule has 0 saturated carbocycles. The minimum Gasteiger partial charge on any atom is -0.481 e. The summed E-state index contributed by atoms with van der Waals surface area (Å²) in [4.78, 5) is 8.12. The third-order valence-electron chi connectivity index (χ3n) is 5.20. The number of benzene rings is 1. The number of aliphatic hydroxyl groups is 1. The molecule has 1 N–H and O–H groups in total. The number of aromatic nitrogens is 1. The Labute approximate surface area is 158 Å². The SMILES string of the molecule is COc1ncccc1C(C)c1c(CCN2CC(O)C2)sc2ccccc12. The Morgan fingerprint density at radius 1 is 1.27 bits per heavy atom. The van der Waals surface area contributed by atoms with Gasteiger partial charge < -0.3 is 9.84 Å². The Bertz CT molecular complexity index is 902. The molecule has 0 bridgehead atoms. The van der Waals surface area contributed by atoms with Crippen LogP contribution in [0.25, 0.3) is 10.1 Å². The summed E-state index contributed by atoms with van der Waals surface area (Å²) >= 11 is 1.89. The minimum absolute atomic E-state index is 0.143. The van der Waals surface area contributed by atoms with E-state index in [0.717, 1.165) is 31.6 Å². The molecule has 1 atom stereocenters.